The van der Waals surface area contributed by atoms with Gasteiger partial charge in [0.05, 0.1) is 98.1 Å². The molecule has 0 radical (unpaired) electrons. The standard InChI is InChI=1S/C53H98O32/c1-29(2)32(8-18-71-20-11-55)37(62)45(74-23-14-58)50(69)81-34(7-10-54)39(64)47(76-25-16-60)51(70)84-43-36(28-78-33(9-19-72-21-12-56)38(63)46(75-24-15-59)49(68)79-30(3)4)82-52(41(66)40(43)65)85-44-35(27-73-22-13-57)83-53(80-31(5)6)48(42(44)67)77-26-17-61/h29-36,40-44,48-70H,7-28H2,1-6H3/b45-37-,46-38-,47-39-/t32-,33-,34-,35?,36?,40?,41?,42?,43-,44-,48?,49-,50-,51-,52-,53+/m0/s1. The van der Waals surface area contributed by atoms with Crippen LogP contribution in [0.3, 0.4) is 0 Å². The van der Waals surface area contributed by atoms with Gasteiger partial charge in [-0.25, -0.2) is 0 Å². The van der Waals surface area contributed by atoms with Crippen LogP contribution >= 0.6 is 0 Å². The summed E-state index contributed by atoms with van der Waals surface area (Å²) in [5.41, 5.74) is 0. The Morgan fingerprint density at radius 2 is 0.918 bits per heavy atom. The van der Waals surface area contributed by atoms with Crippen LogP contribution < -0.4 is 0 Å². The van der Waals surface area contributed by atoms with Crippen molar-refractivity contribution in [2.45, 2.75) is 166 Å². The van der Waals surface area contributed by atoms with Crippen molar-refractivity contribution < 1.29 is 158 Å². The van der Waals surface area contributed by atoms with Crippen molar-refractivity contribution >= 4 is 0 Å². The van der Waals surface area contributed by atoms with E-state index in [-0.39, 0.29) is 71.6 Å². The van der Waals surface area contributed by atoms with Gasteiger partial charge in [-0.05, 0) is 40.0 Å². The topological polar surface area (TPSA) is 482 Å². The van der Waals surface area contributed by atoms with E-state index in [1.807, 2.05) is 0 Å². The van der Waals surface area contributed by atoms with E-state index in [0.717, 1.165) is 0 Å². The maximum Gasteiger partial charge on any atom is 0.218 e. The van der Waals surface area contributed by atoms with Gasteiger partial charge >= 0.3 is 0 Å². The van der Waals surface area contributed by atoms with Crippen LogP contribution in [-0.2, 0) is 71.1 Å². The van der Waals surface area contributed by atoms with E-state index in [4.69, 9.17) is 76.2 Å². The lowest BCUT2D eigenvalue weighted by Crippen LogP contribution is -2.66. The van der Waals surface area contributed by atoms with Gasteiger partial charge < -0.3 is 158 Å². The summed E-state index contributed by atoms with van der Waals surface area (Å²) in [4.78, 5) is 0. The number of hydrogen-bond acceptors (Lipinski definition) is 32. The van der Waals surface area contributed by atoms with Gasteiger partial charge in [0.1, 0.15) is 86.6 Å². The Hall–Kier alpha value is -3.02. The molecule has 2 rings (SSSR count). The second-order valence-electron chi connectivity index (χ2n) is 20.1. The van der Waals surface area contributed by atoms with Crippen LogP contribution in [-0.4, -0.2) is 317 Å². The SMILES string of the molecule is CC(C)O[C@@H]1OC(COCCO)[C@H](O[C@@H]2OC(CO[C@@H](CCOCCO)/C(O)=C(/OCCO)[C@@H](O)OC(C)C)[C@H](O[C@H](O)/C(OCCO)=C(/O)[C@H](CCO)O[C@H](O)/C(OCCO)=C(/O)[C@@H](CCOCCO)C(C)C)C(O)C2O)C(O)C1OCCO. The Bertz CT molecular complexity index is 1820. The first-order chi connectivity index (χ1) is 40.6. The van der Waals surface area contributed by atoms with Gasteiger partial charge in [-0.2, -0.15) is 0 Å². The molecule has 0 saturated carbocycles. The van der Waals surface area contributed by atoms with Crippen LogP contribution in [0.5, 0.6) is 0 Å². The number of aliphatic hydroxyl groups is 17. The molecular weight excluding hydrogens is 1150 g/mol. The molecule has 16 atom stereocenters. The molecule has 502 valence electrons. The van der Waals surface area contributed by atoms with Crippen molar-refractivity contribution in [3.05, 3.63) is 34.6 Å². The second kappa shape index (κ2) is 43.6. The van der Waals surface area contributed by atoms with Crippen LogP contribution in [0.25, 0.3) is 0 Å². The van der Waals surface area contributed by atoms with Crippen molar-refractivity contribution in [1.29, 1.82) is 0 Å². The summed E-state index contributed by atoms with van der Waals surface area (Å²) in [5, 5.41) is 182. The Labute approximate surface area is 494 Å². The van der Waals surface area contributed by atoms with Crippen LogP contribution in [0.15, 0.2) is 34.6 Å². The molecular formula is C53H98O32. The smallest absolute Gasteiger partial charge is 0.218 e. The van der Waals surface area contributed by atoms with E-state index in [1.54, 1.807) is 41.5 Å². The molecule has 32 nitrogen and oxygen atoms in total. The summed E-state index contributed by atoms with van der Waals surface area (Å²) in [7, 11) is 0. The van der Waals surface area contributed by atoms with E-state index in [2.05, 4.69) is 0 Å². The number of aliphatic hydroxyl groups excluding tert-OH is 17. The van der Waals surface area contributed by atoms with Gasteiger partial charge in [0, 0.05) is 38.6 Å². The highest BCUT2D eigenvalue weighted by Crippen LogP contribution is 2.35. The van der Waals surface area contributed by atoms with Gasteiger partial charge in [0.15, 0.2) is 41.4 Å². The van der Waals surface area contributed by atoms with Gasteiger partial charge in [0.2, 0.25) is 18.9 Å². The monoisotopic (exact) mass is 1250 g/mol. The summed E-state index contributed by atoms with van der Waals surface area (Å²) >= 11 is 0. The summed E-state index contributed by atoms with van der Waals surface area (Å²) in [5.74, 6) is -5.83. The van der Waals surface area contributed by atoms with Crippen LogP contribution in [0.1, 0.15) is 60.8 Å². The first-order valence-electron chi connectivity index (χ1n) is 28.3. The maximum absolute atomic E-state index is 12.1. The lowest BCUT2D eigenvalue weighted by molar-refractivity contribution is -0.372. The van der Waals surface area contributed by atoms with Crippen LogP contribution in [0.4, 0.5) is 0 Å². The molecule has 0 aliphatic carbocycles. The third-order valence-electron chi connectivity index (χ3n) is 12.5. The number of allylic oxidation sites excluding steroid dienone is 1. The zero-order valence-electron chi connectivity index (χ0n) is 49.3. The molecule has 0 spiro atoms. The summed E-state index contributed by atoms with van der Waals surface area (Å²) in [6.45, 7) is 1.79. The van der Waals surface area contributed by atoms with Crippen LogP contribution in [0.2, 0.25) is 0 Å². The van der Waals surface area contributed by atoms with Crippen LogP contribution in [0, 0.1) is 11.8 Å². The summed E-state index contributed by atoms with van der Waals surface area (Å²) in [6.07, 6.45) is -30.0. The third-order valence-corrected chi connectivity index (χ3v) is 12.5. The summed E-state index contributed by atoms with van der Waals surface area (Å²) in [6, 6.07) is 0. The predicted octanol–water partition coefficient (Wildman–Crippen LogP) is -3.96. The fourth-order valence-corrected chi connectivity index (χ4v) is 8.63. The minimum atomic E-state index is -2.59. The molecule has 2 saturated heterocycles. The van der Waals surface area contributed by atoms with Gasteiger partial charge in [-0.1, -0.05) is 13.8 Å². The molecule has 85 heavy (non-hydrogen) atoms. The molecule has 32 heteroatoms. The van der Waals surface area contributed by atoms with Gasteiger partial charge in [0.25, 0.3) is 0 Å². The Kier molecular flexibility index (Phi) is 40.1. The molecule has 0 aromatic carbocycles. The lowest BCUT2D eigenvalue weighted by Gasteiger charge is -2.48. The zero-order valence-corrected chi connectivity index (χ0v) is 49.3. The molecule has 2 aliphatic rings. The van der Waals surface area contributed by atoms with E-state index in [0.29, 0.717) is 0 Å². The second-order valence-corrected chi connectivity index (χ2v) is 20.1. The maximum atomic E-state index is 12.1. The Balaban J connectivity index is 2.89. The van der Waals surface area contributed by atoms with Crippen molar-refractivity contribution in [2.75, 3.05) is 126 Å². The van der Waals surface area contributed by atoms with Crippen molar-refractivity contribution in [1.82, 2.24) is 0 Å². The molecule has 6 unspecified atom stereocenters. The van der Waals surface area contributed by atoms with Gasteiger partial charge in [-0.3, -0.25) is 0 Å². The number of rotatable bonds is 48. The van der Waals surface area contributed by atoms with Crippen molar-refractivity contribution in [2.24, 2.45) is 11.8 Å². The Morgan fingerprint density at radius 1 is 0.424 bits per heavy atom. The highest BCUT2D eigenvalue weighted by atomic mass is 16.8. The van der Waals surface area contributed by atoms with E-state index >= 15 is 0 Å². The predicted molar refractivity (Wildman–Crippen MR) is 288 cm³/mol. The Morgan fingerprint density at radius 3 is 1.45 bits per heavy atom. The summed E-state index contributed by atoms with van der Waals surface area (Å²) < 4.78 is 86.4. The largest absolute Gasteiger partial charge is 0.508 e. The highest BCUT2D eigenvalue weighted by Gasteiger charge is 2.53. The normalized spacial score (nSPS) is 26.2. The molecule has 2 aliphatic heterocycles. The molecule has 0 bridgehead atoms. The fraction of sp³-hybridized carbons (Fsp3) is 0.887. The number of ether oxygens (including phenoxy) is 15. The van der Waals surface area contributed by atoms with Crippen molar-refractivity contribution in [3.8, 4) is 0 Å². The van der Waals surface area contributed by atoms with E-state index in [9.17, 15) is 81.7 Å². The first-order valence-corrected chi connectivity index (χ1v) is 28.3. The molecule has 0 amide bonds. The molecule has 17 N–H and O–H groups in total. The third kappa shape index (κ3) is 26.5. The van der Waals surface area contributed by atoms with E-state index < -0.39 is 224 Å². The average Bonchev–Trinajstić information content (AvgIpc) is 2.16. The highest BCUT2D eigenvalue weighted by molar-refractivity contribution is 5.13. The molecule has 0 aromatic heterocycles. The van der Waals surface area contributed by atoms with E-state index in [1.165, 1.54) is 0 Å². The fourth-order valence-electron chi connectivity index (χ4n) is 8.63. The molecule has 2 fully saturated rings. The molecule has 0 aromatic rings. The lowest BCUT2D eigenvalue weighted by atomic mass is 9.90. The average molecular weight is 1250 g/mol. The molecule has 2 heterocycles. The minimum Gasteiger partial charge on any atom is -0.508 e. The zero-order chi connectivity index (χ0) is 63.6. The quantitative estimate of drug-likeness (QED) is 0.0157. The first kappa shape index (κ1) is 78.1. The van der Waals surface area contributed by atoms with Crippen molar-refractivity contribution in [3.63, 3.8) is 0 Å². The minimum absolute atomic E-state index is 0.00397. The number of hydrogen-bond donors (Lipinski definition) is 17. The van der Waals surface area contributed by atoms with Gasteiger partial charge in [-0.15, -0.1) is 0 Å².